The van der Waals surface area contributed by atoms with E-state index < -0.39 is 11.9 Å². The number of imide groups is 1. The van der Waals surface area contributed by atoms with Crippen molar-refractivity contribution in [1.82, 2.24) is 20.0 Å². The number of fused-ring (bicyclic) bond motifs is 1. The van der Waals surface area contributed by atoms with E-state index in [0.717, 1.165) is 62.3 Å². The van der Waals surface area contributed by atoms with E-state index in [1.807, 2.05) is 47.4 Å². The molecule has 10 heteroatoms. The molecule has 4 amide bonds. The number of carbonyl (C=O) groups is 4. The summed E-state index contributed by atoms with van der Waals surface area (Å²) in [6.45, 7) is 4.70. The second kappa shape index (κ2) is 13.2. The normalized spacial score (nSPS) is 23.2. The summed E-state index contributed by atoms with van der Waals surface area (Å²) in [6, 6.07) is 15.0. The average Bonchev–Trinajstić information content (AvgIpc) is 3.35. The molecule has 3 saturated heterocycles. The Bertz CT molecular complexity index is 1340. The predicted molar refractivity (Wildman–Crippen MR) is 158 cm³/mol. The summed E-state index contributed by atoms with van der Waals surface area (Å²) in [5.74, 6) is 0.389. The van der Waals surface area contributed by atoms with Gasteiger partial charge in [-0.05, 0) is 73.9 Å². The van der Waals surface area contributed by atoms with Crippen molar-refractivity contribution in [3.63, 3.8) is 0 Å². The van der Waals surface area contributed by atoms with Crippen molar-refractivity contribution in [1.29, 1.82) is 0 Å². The van der Waals surface area contributed by atoms with E-state index in [1.54, 1.807) is 11.0 Å². The van der Waals surface area contributed by atoms with Gasteiger partial charge in [-0.25, -0.2) is 4.79 Å². The van der Waals surface area contributed by atoms with Gasteiger partial charge in [0.2, 0.25) is 11.8 Å². The van der Waals surface area contributed by atoms with Gasteiger partial charge in [0.15, 0.2) is 0 Å². The molecule has 1 N–H and O–H groups in total. The van der Waals surface area contributed by atoms with E-state index in [1.165, 1.54) is 12.8 Å². The standard InChI is InChI=1S/C33H40N4O6/c38-30-12-11-29(31(39)34-30)37-20-25-18-27(9-10-28(25)32(37)40)42-22-26-8-4-5-15-36(26)19-23-13-16-35(17-14-23)33(41)43-21-24-6-2-1-3-7-24/h1-3,6-7,9-10,18,23,26,29H,4-5,8,11-17,19-22H2,(H,34,38,39)/t26-,29?/m1/s1. The Balaban J connectivity index is 0.978. The van der Waals surface area contributed by atoms with E-state index in [9.17, 15) is 19.2 Å². The first-order chi connectivity index (χ1) is 20.9. The van der Waals surface area contributed by atoms with Gasteiger partial charge in [0, 0.05) is 44.2 Å². The third-order valence-corrected chi connectivity index (χ3v) is 9.26. The minimum atomic E-state index is -0.621. The summed E-state index contributed by atoms with van der Waals surface area (Å²) in [4.78, 5) is 55.4. The monoisotopic (exact) mass is 588 g/mol. The maximum atomic E-state index is 13.0. The third kappa shape index (κ3) is 6.85. The van der Waals surface area contributed by atoms with Gasteiger partial charge in [-0.3, -0.25) is 24.6 Å². The number of nitrogens with zero attached hydrogens (tertiary/aromatic N) is 3. The smallest absolute Gasteiger partial charge is 0.410 e. The van der Waals surface area contributed by atoms with E-state index in [2.05, 4.69) is 10.2 Å². The molecule has 0 spiro atoms. The molecule has 1 unspecified atom stereocenters. The number of ether oxygens (including phenoxy) is 2. The second-order valence-corrected chi connectivity index (χ2v) is 12.1. The Labute approximate surface area is 252 Å². The summed E-state index contributed by atoms with van der Waals surface area (Å²) in [5, 5.41) is 2.35. The zero-order chi connectivity index (χ0) is 29.8. The number of piperidine rings is 3. The molecule has 0 bridgehead atoms. The predicted octanol–water partition coefficient (Wildman–Crippen LogP) is 3.73. The van der Waals surface area contributed by atoms with Crippen LogP contribution >= 0.6 is 0 Å². The van der Waals surface area contributed by atoms with Crippen LogP contribution in [0.5, 0.6) is 5.75 Å². The SMILES string of the molecule is O=C1CCC(N2Cc3cc(OC[C@H]4CCCCN4CC4CCN(C(=O)OCc5ccccc5)CC4)ccc3C2=O)C(=O)N1. The number of rotatable bonds is 8. The summed E-state index contributed by atoms with van der Waals surface area (Å²) >= 11 is 0. The van der Waals surface area contributed by atoms with Crippen LogP contribution in [0, 0.1) is 5.92 Å². The third-order valence-electron chi connectivity index (χ3n) is 9.26. The fourth-order valence-corrected chi connectivity index (χ4v) is 6.76. The lowest BCUT2D eigenvalue weighted by atomic mass is 9.93. The summed E-state index contributed by atoms with van der Waals surface area (Å²) < 4.78 is 11.8. The molecule has 6 rings (SSSR count). The minimum absolute atomic E-state index is 0.176. The molecule has 4 heterocycles. The van der Waals surface area contributed by atoms with Gasteiger partial charge in [0.1, 0.15) is 25.0 Å². The summed E-state index contributed by atoms with van der Waals surface area (Å²) in [7, 11) is 0. The van der Waals surface area contributed by atoms with E-state index in [4.69, 9.17) is 9.47 Å². The Hall–Kier alpha value is -3.92. The van der Waals surface area contributed by atoms with Gasteiger partial charge in [0.25, 0.3) is 5.91 Å². The number of likely N-dealkylation sites (tertiary alicyclic amines) is 2. The number of hydrogen-bond acceptors (Lipinski definition) is 7. The highest BCUT2D eigenvalue weighted by atomic mass is 16.6. The van der Waals surface area contributed by atoms with Crippen LogP contribution in [0.4, 0.5) is 4.79 Å². The molecular weight excluding hydrogens is 548 g/mol. The molecule has 0 radical (unpaired) electrons. The number of nitrogens with one attached hydrogen (secondary N) is 1. The van der Waals surface area contributed by atoms with Crippen LogP contribution in [-0.2, 0) is 27.5 Å². The Kier molecular flexibility index (Phi) is 8.92. The van der Waals surface area contributed by atoms with Gasteiger partial charge in [-0.1, -0.05) is 36.8 Å². The van der Waals surface area contributed by atoms with Gasteiger partial charge in [-0.2, -0.15) is 0 Å². The highest BCUT2D eigenvalue weighted by Gasteiger charge is 2.39. The number of hydrogen-bond donors (Lipinski definition) is 1. The maximum Gasteiger partial charge on any atom is 0.410 e. The van der Waals surface area contributed by atoms with Gasteiger partial charge in [0.05, 0.1) is 0 Å². The van der Waals surface area contributed by atoms with Gasteiger partial charge < -0.3 is 19.3 Å². The first-order valence-electron chi connectivity index (χ1n) is 15.5. The highest BCUT2D eigenvalue weighted by molar-refractivity contribution is 6.05. The average molecular weight is 589 g/mol. The van der Waals surface area contributed by atoms with Crippen LogP contribution in [0.2, 0.25) is 0 Å². The second-order valence-electron chi connectivity index (χ2n) is 12.1. The molecule has 43 heavy (non-hydrogen) atoms. The zero-order valence-electron chi connectivity index (χ0n) is 24.5. The van der Waals surface area contributed by atoms with Gasteiger partial charge in [-0.15, -0.1) is 0 Å². The van der Waals surface area contributed by atoms with Crippen molar-refractivity contribution in [3.8, 4) is 5.75 Å². The zero-order valence-corrected chi connectivity index (χ0v) is 24.5. The lowest BCUT2D eigenvalue weighted by molar-refractivity contribution is -0.136. The minimum Gasteiger partial charge on any atom is -0.492 e. The molecule has 0 saturated carbocycles. The van der Waals surface area contributed by atoms with Crippen LogP contribution in [0.1, 0.15) is 66.4 Å². The largest absolute Gasteiger partial charge is 0.492 e. The van der Waals surface area contributed by atoms with Crippen LogP contribution in [0.15, 0.2) is 48.5 Å². The molecule has 2 atom stereocenters. The molecule has 4 aliphatic heterocycles. The van der Waals surface area contributed by atoms with Crippen LogP contribution in [0.25, 0.3) is 0 Å². The number of carbonyl (C=O) groups excluding carboxylic acids is 4. The van der Waals surface area contributed by atoms with Crippen molar-refractivity contribution < 1.29 is 28.7 Å². The number of amides is 4. The first-order valence-corrected chi connectivity index (χ1v) is 15.5. The molecule has 2 aromatic carbocycles. The van der Waals surface area contributed by atoms with E-state index in [-0.39, 0.29) is 24.3 Å². The Morgan fingerprint density at radius 1 is 0.930 bits per heavy atom. The fourth-order valence-electron chi connectivity index (χ4n) is 6.76. The summed E-state index contributed by atoms with van der Waals surface area (Å²) in [5.41, 5.74) is 2.43. The van der Waals surface area contributed by atoms with Crippen LogP contribution < -0.4 is 10.1 Å². The van der Waals surface area contributed by atoms with Crippen molar-refractivity contribution in [2.75, 3.05) is 32.8 Å². The number of benzene rings is 2. The molecule has 228 valence electrons. The Morgan fingerprint density at radius 2 is 1.74 bits per heavy atom. The lowest BCUT2D eigenvalue weighted by Crippen LogP contribution is -2.52. The lowest BCUT2D eigenvalue weighted by Gasteiger charge is -2.40. The highest BCUT2D eigenvalue weighted by Crippen LogP contribution is 2.31. The van der Waals surface area contributed by atoms with Crippen molar-refractivity contribution in [3.05, 3.63) is 65.2 Å². The van der Waals surface area contributed by atoms with Crippen molar-refractivity contribution >= 4 is 23.8 Å². The van der Waals surface area contributed by atoms with Gasteiger partial charge >= 0.3 is 6.09 Å². The molecule has 0 aliphatic carbocycles. The van der Waals surface area contributed by atoms with Crippen LogP contribution in [-0.4, -0.2) is 83.4 Å². The fraction of sp³-hybridized carbons (Fsp3) is 0.515. The van der Waals surface area contributed by atoms with Crippen molar-refractivity contribution in [2.24, 2.45) is 5.92 Å². The molecule has 4 aliphatic rings. The van der Waals surface area contributed by atoms with E-state index in [0.29, 0.717) is 43.7 Å². The maximum absolute atomic E-state index is 13.0. The van der Waals surface area contributed by atoms with Crippen LogP contribution in [0.3, 0.4) is 0 Å². The Morgan fingerprint density at radius 3 is 2.53 bits per heavy atom. The summed E-state index contributed by atoms with van der Waals surface area (Å²) in [6.07, 6.45) is 5.72. The van der Waals surface area contributed by atoms with E-state index >= 15 is 0 Å². The molecule has 0 aromatic heterocycles. The first kappa shape index (κ1) is 29.2. The molecule has 2 aromatic rings. The molecule has 10 nitrogen and oxygen atoms in total. The molecule has 3 fully saturated rings. The molecular formula is C33H40N4O6. The quantitative estimate of drug-likeness (QED) is 0.468. The topological polar surface area (TPSA) is 108 Å². The van der Waals surface area contributed by atoms with Crippen molar-refractivity contribution in [2.45, 2.75) is 70.2 Å².